The minimum absolute atomic E-state index is 0.768. The van der Waals surface area contributed by atoms with Crippen molar-refractivity contribution >= 4 is 0 Å². The van der Waals surface area contributed by atoms with Crippen molar-refractivity contribution in [3.8, 4) is 0 Å². The third kappa shape index (κ3) is 13.5. The highest BCUT2D eigenvalue weighted by molar-refractivity contribution is 4.99. The van der Waals surface area contributed by atoms with E-state index in [1.807, 2.05) is 0 Å². The Labute approximate surface area is 117 Å². The minimum Gasteiger partial charge on any atom is -0.0828 e. The van der Waals surface area contributed by atoms with Gasteiger partial charge in [-0.3, -0.25) is 0 Å². The van der Waals surface area contributed by atoms with Gasteiger partial charge >= 0.3 is 0 Å². The van der Waals surface area contributed by atoms with Crippen molar-refractivity contribution in [1.82, 2.24) is 0 Å². The lowest BCUT2D eigenvalue weighted by Crippen LogP contribution is -1.86. The molecule has 0 saturated carbocycles. The molecular weight excluding hydrogens is 216 g/mol. The molecule has 0 aliphatic rings. The average Bonchev–Trinajstić information content (AvgIpc) is 2.38. The van der Waals surface area contributed by atoms with Gasteiger partial charge in [-0.2, -0.15) is 0 Å². The van der Waals surface area contributed by atoms with Gasteiger partial charge in [0.25, 0.3) is 0 Å². The monoisotopic (exact) mass is 252 g/mol. The summed E-state index contributed by atoms with van der Waals surface area (Å²) in [6.07, 6.45) is 9.64. The van der Waals surface area contributed by atoms with E-state index < -0.39 is 0 Å². The van der Waals surface area contributed by atoms with Crippen LogP contribution in [0.15, 0.2) is 23.3 Å². The molecule has 0 heteroatoms. The lowest BCUT2D eigenvalue weighted by atomic mass is 10.0. The third-order valence-electron chi connectivity index (χ3n) is 3.54. The molecule has 0 heterocycles. The molecule has 0 nitrogen and oxygen atoms in total. The quantitative estimate of drug-likeness (QED) is 0.457. The predicted molar refractivity (Wildman–Crippen MR) is 87.0 cm³/mol. The fourth-order valence-corrected chi connectivity index (χ4v) is 1.44. The Balaban J connectivity index is 0. The van der Waals surface area contributed by atoms with Gasteiger partial charge < -0.3 is 0 Å². The lowest BCUT2D eigenvalue weighted by molar-refractivity contribution is 0.689. The van der Waals surface area contributed by atoms with Crippen LogP contribution in [0.5, 0.6) is 0 Å². The molecule has 2 unspecified atom stereocenters. The molecule has 108 valence electrons. The van der Waals surface area contributed by atoms with Crippen LogP contribution in [0.1, 0.15) is 81.1 Å². The molecule has 0 aromatic rings. The highest BCUT2D eigenvalue weighted by Gasteiger charge is 1.92. The summed E-state index contributed by atoms with van der Waals surface area (Å²) in [6, 6.07) is 0. The van der Waals surface area contributed by atoms with E-state index in [-0.39, 0.29) is 0 Å². The summed E-state index contributed by atoms with van der Waals surface area (Å²) >= 11 is 0. The Bertz CT molecular complexity index is 206. The van der Waals surface area contributed by atoms with Gasteiger partial charge in [-0.05, 0) is 38.5 Å². The van der Waals surface area contributed by atoms with E-state index >= 15 is 0 Å². The van der Waals surface area contributed by atoms with Crippen LogP contribution in [0.2, 0.25) is 0 Å². The maximum Gasteiger partial charge on any atom is -0.0262 e. The highest BCUT2D eigenvalue weighted by atomic mass is 14.0. The molecule has 0 aliphatic heterocycles. The second kappa shape index (κ2) is 12.9. The first-order valence-corrected chi connectivity index (χ1v) is 7.75. The number of rotatable bonds is 6. The molecule has 0 saturated heterocycles. The zero-order chi connectivity index (χ0) is 14.6. The fourth-order valence-electron chi connectivity index (χ4n) is 1.44. The zero-order valence-electron chi connectivity index (χ0n) is 14.1. The Morgan fingerprint density at radius 1 is 0.722 bits per heavy atom. The topological polar surface area (TPSA) is 0 Å². The number of hydrogen-bond donors (Lipinski definition) is 0. The molecule has 0 fully saturated rings. The van der Waals surface area contributed by atoms with Crippen LogP contribution in [0.4, 0.5) is 0 Å². The van der Waals surface area contributed by atoms with Crippen LogP contribution in [-0.4, -0.2) is 0 Å². The van der Waals surface area contributed by atoms with Crippen LogP contribution in [0, 0.1) is 11.8 Å². The first kappa shape index (κ1) is 19.8. The first-order valence-electron chi connectivity index (χ1n) is 7.75. The van der Waals surface area contributed by atoms with Crippen LogP contribution in [0.25, 0.3) is 0 Å². The molecule has 0 aliphatic carbocycles. The van der Waals surface area contributed by atoms with Gasteiger partial charge in [0.2, 0.25) is 0 Å². The summed E-state index contributed by atoms with van der Waals surface area (Å²) in [5.41, 5.74) is 3.04. The summed E-state index contributed by atoms with van der Waals surface area (Å²) < 4.78 is 0. The standard InChI is InChI=1S/2C9H18/c2*1-5-8(3)7-9(4)6-2/h2*7-8H,5-6H2,1-4H3/b9-7+;9-7-. The minimum atomic E-state index is 0.768. The molecular formula is C18H36. The third-order valence-corrected chi connectivity index (χ3v) is 3.54. The Morgan fingerprint density at radius 3 is 1.17 bits per heavy atom. The van der Waals surface area contributed by atoms with Crippen LogP contribution >= 0.6 is 0 Å². The van der Waals surface area contributed by atoms with Crippen molar-refractivity contribution in [1.29, 1.82) is 0 Å². The molecule has 0 aromatic carbocycles. The van der Waals surface area contributed by atoms with Crippen molar-refractivity contribution < 1.29 is 0 Å². The number of hydrogen-bond acceptors (Lipinski definition) is 0. The second-order valence-electron chi connectivity index (χ2n) is 5.50. The molecule has 18 heavy (non-hydrogen) atoms. The van der Waals surface area contributed by atoms with E-state index in [2.05, 4.69) is 67.5 Å². The van der Waals surface area contributed by atoms with Gasteiger partial charge in [-0.15, -0.1) is 0 Å². The van der Waals surface area contributed by atoms with Crippen LogP contribution in [0.3, 0.4) is 0 Å². The molecule has 2 atom stereocenters. The summed E-state index contributed by atoms with van der Waals surface area (Å²) in [7, 11) is 0. The van der Waals surface area contributed by atoms with Crippen LogP contribution < -0.4 is 0 Å². The fraction of sp³-hybridized carbons (Fsp3) is 0.778. The van der Waals surface area contributed by atoms with E-state index in [9.17, 15) is 0 Å². The summed E-state index contributed by atoms with van der Waals surface area (Å²) in [6.45, 7) is 17.8. The van der Waals surface area contributed by atoms with E-state index in [1.54, 1.807) is 0 Å². The maximum atomic E-state index is 2.36. The van der Waals surface area contributed by atoms with Gasteiger partial charge in [0.15, 0.2) is 0 Å². The maximum absolute atomic E-state index is 2.36. The predicted octanol–water partition coefficient (Wildman–Crippen LogP) is 6.78. The summed E-state index contributed by atoms with van der Waals surface area (Å²) in [4.78, 5) is 0. The summed E-state index contributed by atoms with van der Waals surface area (Å²) in [5, 5.41) is 0. The molecule has 0 radical (unpaired) electrons. The molecule has 0 spiro atoms. The largest absolute Gasteiger partial charge is 0.0828 e. The summed E-state index contributed by atoms with van der Waals surface area (Å²) in [5.74, 6) is 1.54. The Morgan fingerprint density at radius 2 is 1.00 bits per heavy atom. The van der Waals surface area contributed by atoms with Crippen molar-refractivity contribution in [2.24, 2.45) is 11.8 Å². The Kier molecular flexibility index (Phi) is 14.2. The Hall–Kier alpha value is -0.520. The number of allylic oxidation sites excluding steroid dienone is 4. The normalized spacial score (nSPS) is 15.8. The molecule has 0 aromatic heterocycles. The van der Waals surface area contributed by atoms with E-state index in [1.165, 1.54) is 36.8 Å². The second-order valence-corrected chi connectivity index (χ2v) is 5.50. The van der Waals surface area contributed by atoms with Gasteiger partial charge in [0.05, 0.1) is 0 Å². The van der Waals surface area contributed by atoms with E-state index in [0.717, 1.165) is 11.8 Å². The van der Waals surface area contributed by atoms with Crippen molar-refractivity contribution in [2.45, 2.75) is 81.1 Å². The van der Waals surface area contributed by atoms with E-state index in [4.69, 9.17) is 0 Å². The lowest BCUT2D eigenvalue weighted by Gasteiger charge is -2.01. The van der Waals surface area contributed by atoms with Crippen molar-refractivity contribution in [3.05, 3.63) is 23.3 Å². The smallest absolute Gasteiger partial charge is 0.0262 e. The van der Waals surface area contributed by atoms with Gasteiger partial charge in [-0.1, -0.05) is 77.7 Å². The average molecular weight is 252 g/mol. The van der Waals surface area contributed by atoms with Crippen molar-refractivity contribution in [3.63, 3.8) is 0 Å². The molecule has 0 rings (SSSR count). The molecule has 0 amide bonds. The SMILES string of the molecule is CC/C(C)=C/C(C)CC.CC/C(C)=C\C(C)CC. The highest BCUT2D eigenvalue weighted by Crippen LogP contribution is 2.08. The van der Waals surface area contributed by atoms with Gasteiger partial charge in [-0.25, -0.2) is 0 Å². The first-order chi connectivity index (χ1) is 8.40. The molecule has 0 bridgehead atoms. The van der Waals surface area contributed by atoms with Crippen LogP contribution in [-0.2, 0) is 0 Å². The van der Waals surface area contributed by atoms with Gasteiger partial charge in [0, 0.05) is 0 Å². The van der Waals surface area contributed by atoms with Gasteiger partial charge in [0.1, 0.15) is 0 Å². The van der Waals surface area contributed by atoms with E-state index in [0.29, 0.717) is 0 Å². The molecule has 0 N–H and O–H groups in total. The van der Waals surface area contributed by atoms with Crippen molar-refractivity contribution in [2.75, 3.05) is 0 Å². The zero-order valence-corrected chi connectivity index (χ0v) is 14.1.